The third-order valence-corrected chi connectivity index (χ3v) is 6.76. The van der Waals surface area contributed by atoms with E-state index in [0.717, 1.165) is 12.8 Å². The van der Waals surface area contributed by atoms with Crippen LogP contribution in [0.4, 0.5) is 0 Å². The molecule has 1 aliphatic carbocycles. The van der Waals surface area contributed by atoms with E-state index in [1.165, 1.54) is 0 Å². The van der Waals surface area contributed by atoms with Crippen molar-refractivity contribution in [2.24, 2.45) is 5.41 Å². The topological polar surface area (TPSA) is 79.0 Å². The van der Waals surface area contributed by atoms with E-state index in [2.05, 4.69) is 21.2 Å². The third kappa shape index (κ3) is 4.86. The van der Waals surface area contributed by atoms with Gasteiger partial charge in [0, 0.05) is 37.2 Å². The summed E-state index contributed by atoms with van der Waals surface area (Å²) in [5, 5.41) is 3.25. The van der Waals surface area contributed by atoms with Crippen molar-refractivity contribution in [2.75, 3.05) is 33.3 Å². The minimum atomic E-state index is -1.02. The van der Waals surface area contributed by atoms with Gasteiger partial charge in [-0.15, -0.1) is 0 Å². The van der Waals surface area contributed by atoms with Gasteiger partial charge in [0.15, 0.2) is 6.61 Å². The zero-order valence-electron chi connectivity index (χ0n) is 16.5. The van der Waals surface area contributed by atoms with Crippen molar-refractivity contribution >= 4 is 45.3 Å². The molecule has 3 rings (SSSR count). The molecule has 3 amide bonds. The molecule has 9 heteroatoms. The number of carbonyl (C=O) groups excluding carboxylic acids is 3. The third-order valence-electron chi connectivity index (χ3n) is 5.48. The number of amides is 3. The van der Waals surface area contributed by atoms with E-state index in [9.17, 15) is 14.4 Å². The van der Waals surface area contributed by atoms with Crippen LogP contribution in [0.25, 0.3) is 0 Å². The lowest BCUT2D eigenvalue weighted by molar-refractivity contribution is -0.144. The second kappa shape index (κ2) is 8.92. The Hall–Kier alpha value is -1.80. The molecule has 1 aromatic carbocycles. The molecule has 1 atom stereocenters. The Morgan fingerprint density at radius 2 is 2.14 bits per heavy atom. The molecule has 1 saturated carbocycles. The van der Waals surface area contributed by atoms with E-state index >= 15 is 0 Å². The van der Waals surface area contributed by atoms with Crippen LogP contribution in [0.2, 0.25) is 5.02 Å². The lowest BCUT2D eigenvalue weighted by Crippen LogP contribution is -2.47. The first-order chi connectivity index (χ1) is 13.7. The van der Waals surface area contributed by atoms with Crippen molar-refractivity contribution in [3.63, 3.8) is 0 Å². The first kappa shape index (κ1) is 21.9. The first-order valence-electron chi connectivity index (χ1n) is 9.64. The van der Waals surface area contributed by atoms with Crippen LogP contribution in [0.1, 0.15) is 26.2 Å². The number of halogens is 2. The lowest BCUT2D eigenvalue weighted by atomic mass is 9.88. The Bertz CT molecular complexity index is 817. The monoisotopic (exact) mass is 485 g/mol. The minimum Gasteiger partial charge on any atom is -0.482 e. The van der Waals surface area contributed by atoms with Gasteiger partial charge in [-0.2, -0.15) is 0 Å². The van der Waals surface area contributed by atoms with Gasteiger partial charge in [0.1, 0.15) is 11.2 Å². The quantitative estimate of drug-likeness (QED) is 0.573. The molecule has 7 nitrogen and oxygen atoms in total. The zero-order chi connectivity index (χ0) is 21.2. The highest BCUT2D eigenvalue weighted by Crippen LogP contribution is 2.33. The second-order valence-corrected chi connectivity index (χ2v) is 8.96. The number of benzene rings is 1. The molecule has 1 unspecified atom stereocenters. The first-order valence-corrected chi connectivity index (χ1v) is 10.8. The van der Waals surface area contributed by atoms with Crippen molar-refractivity contribution in [1.82, 2.24) is 15.1 Å². The summed E-state index contributed by atoms with van der Waals surface area (Å²) in [6.07, 6.45) is 2.39. The molecule has 1 aromatic rings. The van der Waals surface area contributed by atoms with Crippen molar-refractivity contribution in [3.05, 3.63) is 27.7 Å². The fraction of sp³-hybridized carbons (Fsp3) is 0.550. The predicted molar refractivity (Wildman–Crippen MR) is 113 cm³/mol. The van der Waals surface area contributed by atoms with Gasteiger partial charge in [-0.05, 0) is 54.2 Å². The number of rotatable bonds is 8. The summed E-state index contributed by atoms with van der Waals surface area (Å²) in [6.45, 7) is 2.80. The maximum absolute atomic E-state index is 12.7. The van der Waals surface area contributed by atoms with Gasteiger partial charge in [0.25, 0.3) is 5.91 Å². The smallest absolute Gasteiger partial charge is 0.260 e. The average Bonchev–Trinajstić information content (AvgIpc) is 3.50. The number of nitrogens with one attached hydrogen (secondary N) is 1. The van der Waals surface area contributed by atoms with E-state index in [1.54, 1.807) is 42.0 Å². The van der Waals surface area contributed by atoms with Crippen molar-refractivity contribution in [2.45, 2.75) is 32.2 Å². The molecule has 2 fully saturated rings. The van der Waals surface area contributed by atoms with Crippen LogP contribution < -0.4 is 10.1 Å². The van der Waals surface area contributed by atoms with Crippen molar-refractivity contribution < 1.29 is 19.1 Å². The number of hydrogen-bond acceptors (Lipinski definition) is 4. The summed E-state index contributed by atoms with van der Waals surface area (Å²) >= 11 is 9.50. The van der Waals surface area contributed by atoms with E-state index < -0.39 is 5.41 Å². The molecule has 1 heterocycles. The maximum atomic E-state index is 12.7. The van der Waals surface area contributed by atoms with Crippen LogP contribution >= 0.6 is 27.5 Å². The Morgan fingerprint density at radius 3 is 2.76 bits per heavy atom. The van der Waals surface area contributed by atoms with E-state index in [-0.39, 0.29) is 30.4 Å². The van der Waals surface area contributed by atoms with Crippen LogP contribution in [0.5, 0.6) is 5.75 Å². The minimum absolute atomic E-state index is 0.123. The lowest BCUT2D eigenvalue weighted by Gasteiger charge is -2.25. The summed E-state index contributed by atoms with van der Waals surface area (Å²) < 4.78 is 6.30. The molecule has 0 radical (unpaired) electrons. The molecule has 29 heavy (non-hydrogen) atoms. The van der Waals surface area contributed by atoms with Crippen LogP contribution in [-0.2, 0) is 14.4 Å². The molecule has 1 N–H and O–H groups in total. The molecular weight excluding hydrogens is 462 g/mol. The standard InChI is InChI=1S/C20H25BrClN3O4/c1-20(8-10-24(2)19(20)28)18(27)23-9-11-25(13-6-7-13)16(26)12-29-15-5-3-4-14(21)17(15)22/h3-5,13H,6-12H2,1-2H3,(H,23,27). The van der Waals surface area contributed by atoms with Gasteiger partial charge in [-0.25, -0.2) is 0 Å². The van der Waals surface area contributed by atoms with Crippen LogP contribution in [-0.4, -0.2) is 66.9 Å². The summed E-state index contributed by atoms with van der Waals surface area (Å²) in [6, 6.07) is 5.46. The Kier molecular flexibility index (Phi) is 6.73. The van der Waals surface area contributed by atoms with Crippen LogP contribution in [0.3, 0.4) is 0 Å². The van der Waals surface area contributed by atoms with E-state index in [1.807, 2.05) is 0 Å². The fourth-order valence-electron chi connectivity index (χ4n) is 3.43. The van der Waals surface area contributed by atoms with Gasteiger partial charge < -0.3 is 19.9 Å². The van der Waals surface area contributed by atoms with Crippen molar-refractivity contribution in [3.8, 4) is 5.75 Å². The maximum Gasteiger partial charge on any atom is 0.260 e. The van der Waals surface area contributed by atoms with Gasteiger partial charge in [0.2, 0.25) is 11.8 Å². The molecule has 0 aromatic heterocycles. The van der Waals surface area contributed by atoms with E-state index in [0.29, 0.717) is 41.3 Å². The largest absolute Gasteiger partial charge is 0.482 e. The van der Waals surface area contributed by atoms with Crippen LogP contribution in [0, 0.1) is 5.41 Å². The highest BCUT2D eigenvalue weighted by atomic mass is 79.9. The fourth-order valence-corrected chi connectivity index (χ4v) is 3.96. The number of nitrogens with zero attached hydrogens (tertiary/aromatic N) is 2. The number of carbonyl (C=O) groups is 3. The predicted octanol–water partition coefficient (Wildman–Crippen LogP) is 2.46. The summed E-state index contributed by atoms with van der Waals surface area (Å²) in [5.74, 6) is -0.160. The Balaban J connectivity index is 1.51. The SMILES string of the molecule is CN1CCC(C)(C(=O)NCCN(C(=O)COc2cccc(Br)c2Cl)C2CC2)C1=O. The zero-order valence-corrected chi connectivity index (χ0v) is 18.9. The molecule has 1 aliphatic heterocycles. The normalized spacial score (nSPS) is 21.2. The highest BCUT2D eigenvalue weighted by Gasteiger charge is 2.47. The molecular formula is C20H25BrClN3O4. The Morgan fingerprint density at radius 1 is 1.41 bits per heavy atom. The highest BCUT2D eigenvalue weighted by molar-refractivity contribution is 9.10. The molecule has 1 saturated heterocycles. The molecule has 0 spiro atoms. The average molecular weight is 487 g/mol. The number of likely N-dealkylation sites (tertiary alicyclic amines) is 1. The molecule has 2 aliphatic rings. The van der Waals surface area contributed by atoms with Crippen LogP contribution in [0.15, 0.2) is 22.7 Å². The summed E-state index contributed by atoms with van der Waals surface area (Å²) in [4.78, 5) is 40.7. The van der Waals surface area contributed by atoms with Gasteiger partial charge in [-0.1, -0.05) is 17.7 Å². The summed E-state index contributed by atoms with van der Waals surface area (Å²) in [7, 11) is 1.70. The number of hydrogen-bond donors (Lipinski definition) is 1. The van der Waals surface area contributed by atoms with Gasteiger partial charge in [0.05, 0.1) is 5.02 Å². The van der Waals surface area contributed by atoms with Gasteiger partial charge in [-0.3, -0.25) is 14.4 Å². The molecule has 158 valence electrons. The molecule has 0 bridgehead atoms. The van der Waals surface area contributed by atoms with Gasteiger partial charge >= 0.3 is 0 Å². The summed E-state index contributed by atoms with van der Waals surface area (Å²) in [5.41, 5.74) is -1.02. The second-order valence-electron chi connectivity index (χ2n) is 7.72. The van der Waals surface area contributed by atoms with E-state index in [4.69, 9.17) is 16.3 Å². The van der Waals surface area contributed by atoms with Crippen molar-refractivity contribution in [1.29, 1.82) is 0 Å². The Labute approximate surface area is 183 Å². The number of ether oxygens (including phenoxy) is 1.